The Hall–Kier alpha value is -1.33. The van der Waals surface area contributed by atoms with Crippen molar-refractivity contribution in [1.29, 1.82) is 0 Å². The molecular weight excluding hydrogens is 258 g/mol. The molecule has 0 radical (unpaired) electrons. The fraction of sp³-hybridized carbons (Fsp3) is 0.667. The van der Waals surface area contributed by atoms with E-state index < -0.39 is 5.97 Å². The van der Waals surface area contributed by atoms with Crippen molar-refractivity contribution in [3.63, 3.8) is 0 Å². The van der Waals surface area contributed by atoms with E-state index in [9.17, 15) is 4.79 Å². The lowest BCUT2D eigenvalue weighted by atomic mass is 9.90. The van der Waals surface area contributed by atoms with Gasteiger partial charge in [-0.2, -0.15) is 0 Å². The van der Waals surface area contributed by atoms with Crippen molar-refractivity contribution in [3.05, 3.63) is 23.2 Å². The van der Waals surface area contributed by atoms with E-state index in [1.807, 2.05) is 6.07 Å². The molecule has 3 rings (SSSR count). The van der Waals surface area contributed by atoms with Gasteiger partial charge in [0.15, 0.2) is 0 Å². The van der Waals surface area contributed by atoms with Crippen LogP contribution < -0.4 is 0 Å². The molecule has 1 N–H and O–H groups in total. The molecule has 0 bridgehead atoms. The molecule has 2 atom stereocenters. The first-order chi connectivity index (χ1) is 9.65. The van der Waals surface area contributed by atoms with Crippen molar-refractivity contribution in [2.24, 2.45) is 0 Å². The van der Waals surface area contributed by atoms with Gasteiger partial charge in [-0.25, -0.2) is 4.79 Å². The Kier molecular flexibility index (Phi) is 3.81. The zero-order valence-corrected chi connectivity index (χ0v) is 11.8. The third kappa shape index (κ3) is 2.60. The van der Waals surface area contributed by atoms with Crippen LogP contribution >= 0.6 is 0 Å². The first-order valence-corrected chi connectivity index (χ1v) is 7.33. The van der Waals surface area contributed by atoms with E-state index in [2.05, 4.69) is 4.90 Å². The molecular formula is C15H21NO4. The van der Waals surface area contributed by atoms with Gasteiger partial charge in [0.05, 0.1) is 19.3 Å². The number of hydrogen-bond donors (Lipinski definition) is 1. The first kappa shape index (κ1) is 13.6. The second-order valence-corrected chi connectivity index (χ2v) is 5.76. The molecule has 2 aliphatic rings. The molecule has 5 nitrogen and oxygen atoms in total. The summed E-state index contributed by atoms with van der Waals surface area (Å²) in [5.41, 5.74) is 0.695. The molecule has 2 heterocycles. The summed E-state index contributed by atoms with van der Waals surface area (Å²) in [5, 5.41) is 9.04. The molecule has 2 unspecified atom stereocenters. The topological polar surface area (TPSA) is 62.9 Å². The van der Waals surface area contributed by atoms with E-state index >= 15 is 0 Å². The van der Waals surface area contributed by atoms with E-state index in [1.54, 1.807) is 6.92 Å². The molecule has 20 heavy (non-hydrogen) atoms. The van der Waals surface area contributed by atoms with Crippen LogP contribution in [0.25, 0.3) is 0 Å². The van der Waals surface area contributed by atoms with E-state index in [-0.39, 0.29) is 5.76 Å². The summed E-state index contributed by atoms with van der Waals surface area (Å²) in [7, 11) is 0. The highest BCUT2D eigenvalue weighted by molar-refractivity contribution is 5.86. The number of carboxylic acid groups (broad SMARTS) is 1. The van der Waals surface area contributed by atoms with Gasteiger partial charge in [-0.3, -0.25) is 4.90 Å². The molecule has 5 heteroatoms. The third-order valence-electron chi connectivity index (χ3n) is 4.37. The van der Waals surface area contributed by atoms with E-state index in [0.717, 1.165) is 31.8 Å². The molecule has 1 aliphatic carbocycles. The summed E-state index contributed by atoms with van der Waals surface area (Å²) in [6, 6.07) is 2.30. The van der Waals surface area contributed by atoms with Crippen LogP contribution in [0.15, 0.2) is 10.5 Å². The van der Waals surface area contributed by atoms with Crippen LogP contribution in [-0.2, 0) is 11.3 Å². The molecule has 0 spiro atoms. The molecule has 1 aliphatic heterocycles. The molecule has 1 saturated carbocycles. The van der Waals surface area contributed by atoms with Crippen molar-refractivity contribution in [2.75, 3.05) is 13.2 Å². The molecule has 2 fully saturated rings. The van der Waals surface area contributed by atoms with Gasteiger partial charge in [-0.05, 0) is 25.8 Å². The van der Waals surface area contributed by atoms with Crippen LogP contribution in [0.2, 0.25) is 0 Å². The maximum Gasteiger partial charge on any atom is 0.372 e. The predicted molar refractivity (Wildman–Crippen MR) is 72.8 cm³/mol. The quantitative estimate of drug-likeness (QED) is 0.920. The van der Waals surface area contributed by atoms with Crippen molar-refractivity contribution < 1.29 is 19.1 Å². The number of nitrogens with zero attached hydrogens (tertiary/aromatic N) is 1. The summed E-state index contributed by atoms with van der Waals surface area (Å²) < 4.78 is 11.3. The normalized spacial score (nSPS) is 27.2. The SMILES string of the molecule is Cc1cc(CN2CCOC3CCCCC32)oc1C(=O)O. The van der Waals surface area contributed by atoms with E-state index in [4.69, 9.17) is 14.3 Å². The highest BCUT2D eigenvalue weighted by atomic mass is 16.5. The second-order valence-electron chi connectivity index (χ2n) is 5.76. The number of aryl methyl sites for hydroxylation is 1. The molecule has 1 aromatic heterocycles. The Balaban J connectivity index is 1.73. The van der Waals surface area contributed by atoms with Crippen LogP contribution in [0.5, 0.6) is 0 Å². The Labute approximate surface area is 118 Å². The third-order valence-corrected chi connectivity index (χ3v) is 4.37. The first-order valence-electron chi connectivity index (χ1n) is 7.33. The smallest absolute Gasteiger partial charge is 0.372 e. The number of morpholine rings is 1. The number of hydrogen-bond acceptors (Lipinski definition) is 4. The average molecular weight is 279 g/mol. The van der Waals surface area contributed by atoms with Crippen LogP contribution in [0.4, 0.5) is 0 Å². The largest absolute Gasteiger partial charge is 0.475 e. The van der Waals surface area contributed by atoms with Gasteiger partial charge in [0.1, 0.15) is 5.76 Å². The highest BCUT2D eigenvalue weighted by Gasteiger charge is 2.34. The number of carbonyl (C=O) groups is 1. The summed E-state index contributed by atoms with van der Waals surface area (Å²) in [6.45, 7) is 4.10. The van der Waals surface area contributed by atoms with Crippen molar-refractivity contribution in [1.82, 2.24) is 4.90 Å². The number of aromatic carboxylic acids is 1. The van der Waals surface area contributed by atoms with Crippen molar-refractivity contribution >= 4 is 5.97 Å². The lowest BCUT2D eigenvalue weighted by Crippen LogP contribution is -2.52. The lowest BCUT2D eigenvalue weighted by molar-refractivity contribution is -0.0927. The summed E-state index contributed by atoms with van der Waals surface area (Å²) in [5.74, 6) is -0.189. The fourth-order valence-corrected chi connectivity index (χ4v) is 3.41. The van der Waals surface area contributed by atoms with E-state index in [0.29, 0.717) is 24.3 Å². The van der Waals surface area contributed by atoms with Crippen molar-refractivity contribution in [2.45, 2.75) is 51.3 Å². The molecule has 0 amide bonds. The van der Waals surface area contributed by atoms with E-state index in [1.165, 1.54) is 12.8 Å². The van der Waals surface area contributed by atoms with Gasteiger partial charge >= 0.3 is 5.97 Å². The minimum Gasteiger partial charge on any atom is -0.475 e. The Morgan fingerprint density at radius 3 is 3.00 bits per heavy atom. The zero-order chi connectivity index (χ0) is 14.1. The van der Waals surface area contributed by atoms with Crippen molar-refractivity contribution in [3.8, 4) is 0 Å². The van der Waals surface area contributed by atoms with Crippen LogP contribution in [-0.4, -0.2) is 41.3 Å². The second kappa shape index (κ2) is 5.58. The summed E-state index contributed by atoms with van der Waals surface area (Å²) in [6.07, 6.45) is 5.14. The molecule has 1 saturated heterocycles. The van der Waals surface area contributed by atoms with Gasteiger partial charge in [-0.1, -0.05) is 12.8 Å². The number of rotatable bonds is 3. The minimum absolute atomic E-state index is 0.0634. The Morgan fingerprint density at radius 1 is 1.45 bits per heavy atom. The minimum atomic E-state index is -0.994. The highest BCUT2D eigenvalue weighted by Crippen LogP contribution is 2.30. The van der Waals surface area contributed by atoms with Crippen LogP contribution in [0, 0.1) is 6.92 Å². The maximum atomic E-state index is 11.0. The van der Waals surface area contributed by atoms with Gasteiger partial charge in [-0.15, -0.1) is 0 Å². The maximum absolute atomic E-state index is 11.0. The number of fused-ring (bicyclic) bond motifs is 1. The average Bonchev–Trinajstić information content (AvgIpc) is 2.80. The fourth-order valence-electron chi connectivity index (χ4n) is 3.41. The van der Waals surface area contributed by atoms with Crippen LogP contribution in [0.1, 0.15) is 47.6 Å². The molecule has 110 valence electrons. The predicted octanol–water partition coefficient (Wildman–Crippen LogP) is 2.43. The summed E-state index contributed by atoms with van der Waals surface area (Å²) in [4.78, 5) is 13.4. The Bertz CT molecular complexity index is 494. The van der Waals surface area contributed by atoms with Gasteiger partial charge in [0, 0.05) is 18.2 Å². The van der Waals surface area contributed by atoms with Crippen LogP contribution in [0.3, 0.4) is 0 Å². The lowest BCUT2D eigenvalue weighted by Gasteiger charge is -2.43. The number of furan rings is 1. The monoisotopic (exact) mass is 279 g/mol. The van der Waals surface area contributed by atoms with Gasteiger partial charge in [0.25, 0.3) is 0 Å². The molecule has 1 aromatic rings. The van der Waals surface area contributed by atoms with Gasteiger partial charge in [0.2, 0.25) is 5.76 Å². The zero-order valence-electron chi connectivity index (χ0n) is 11.8. The Morgan fingerprint density at radius 2 is 2.25 bits per heavy atom. The standard InChI is InChI=1S/C15H21NO4/c1-10-8-11(20-14(10)15(17)18)9-16-6-7-19-13-5-3-2-4-12(13)16/h8,12-13H,2-7,9H2,1H3,(H,17,18). The van der Waals surface area contributed by atoms with Gasteiger partial charge < -0.3 is 14.3 Å². The number of carboxylic acids is 1. The molecule has 0 aromatic carbocycles. The number of ether oxygens (including phenoxy) is 1. The summed E-state index contributed by atoms with van der Waals surface area (Å²) >= 11 is 0.